The molecule has 1 aliphatic rings. The molecule has 4 atom stereocenters. The molecule has 1 heterocycles. The molecular weight excluding hydrogens is 758 g/mol. The van der Waals surface area contributed by atoms with Crippen LogP contribution in [0.3, 0.4) is 0 Å². The lowest BCUT2D eigenvalue weighted by Gasteiger charge is -2.32. The number of hydrogen-bond acceptors (Lipinski definition) is 9. The summed E-state index contributed by atoms with van der Waals surface area (Å²) in [6.07, 6.45) is 1.93. The van der Waals surface area contributed by atoms with E-state index in [0.29, 0.717) is 64.6 Å². The lowest BCUT2D eigenvalue weighted by molar-refractivity contribution is -0.141. The smallest absolute Gasteiger partial charge is 0.251 e. The largest absolute Gasteiger partial charge is 0.492 e. The van der Waals surface area contributed by atoms with Crippen molar-refractivity contribution in [3.63, 3.8) is 0 Å². The van der Waals surface area contributed by atoms with E-state index in [1.165, 1.54) is 11.9 Å². The van der Waals surface area contributed by atoms with Gasteiger partial charge in [0, 0.05) is 47.9 Å². The fourth-order valence-electron chi connectivity index (χ4n) is 6.93. The summed E-state index contributed by atoms with van der Waals surface area (Å²) in [6.45, 7) is 4.90. The zero-order valence-electron chi connectivity index (χ0n) is 33.3. The van der Waals surface area contributed by atoms with Crippen LogP contribution in [0.4, 0.5) is 0 Å². The molecule has 4 bridgehead atoms. The zero-order valence-corrected chi connectivity index (χ0v) is 34.0. The number of benzene rings is 4. The second-order valence-corrected chi connectivity index (χ2v) is 14.9. The predicted molar refractivity (Wildman–Crippen MR) is 226 cm³/mol. The van der Waals surface area contributed by atoms with Crippen molar-refractivity contribution in [2.24, 2.45) is 17.2 Å². The van der Waals surface area contributed by atoms with Crippen molar-refractivity contribution in [1.82, 2.24) is 20.9 Å². The molecule has 13 nitrogen and oxygen atoms in total. The minimum atomic E-state index is -1.24. The molecule has 0 aromatic heterocycles. The van der Waals surface area contributed by atoms with E-state index in [-0.39, 0.29) is 44.7 Å². The third-order valence-electron chi connectivity index (χ3n) is 9.95. The fraction of sp³-hybridized carbons (Fsp3) is 0.364. The Kier molecular flexibility index (Phi) is 15.7. The summed E-state index contributed by atoms with van der Waals surface area (Å²) in [4.78, 5) is 57.5. The second kappa shape index (κ2) is 20.8. The average molecular weight is 812 g/mol. The standard InChI is InChI=1S/C44H54ClN7O6/c1-27-24-29-7-17-38(57-22-20-47)35(25-29)36-26-33(14-18-39(36)58-23-21-48)40(43(55)50-28(2)41(53)49-27)52(3)44(56)37(6-4-5-19-46)51-42(54)32-10-8-30(9-11-32)31-12-15-34(45)16-13-31/h7-18,25-28,37,40H,4-6,19-24,46-48H2,1-3H3,(H,49,53)(H,50,55)(H,51,54)/t27?,28-,37-,40?/m0/s1. The Bertz CT molecular complexity index is 2050. The maximum atomic E-state index is 14.6. The van der Waals surface area contributed by atoms with Gasteiger partial charge in [-0.05, 0) is 117 Å². The highest BCUT2D eigenvalue weighted by molar-refractivity contribution is 6.30. The van der Waals surface area contributed by atoms with Crippen molar-refractivity contribution < 1.29 is 28.7 Å². The minimum absolute atomic E-state index is 0.224. The molecular formula is C44H54ClN7O6. The van der Waals surface area contributed by atoms with Gasteiger partial charge in [-0.3, -0.25) is 19.2 Å². The van der Waals surface area contributed by atoms with E-state index in [9.17, 15) is 19.2 Å². The van der Waals surface area contributed by atoms with Gasteiger partial charge in [0.25, 0.3) is 5.91 Å². The first kappa shape index (κ1) is 43.6. The summed E-state index contributed by atoms with van der Waals surface area (Å²) in [5, 5.41) is 9.37. The van der Waals surface area contributed by atoms with Crippen molar-refractivity contribution in [1.29, 1.82) is 0 Å². The van der Waals surface area contributed by atoms with Crippen LogP contribution in [0.1, 0.15) is 60.6 Å². The maximum absolute atomic E-state index is 14.6. The van der Waals surface area contributed by atoms with Crippen LogP contribution in [0.15, 0.2) is 84.9 Å². The van der Waals surface area contributed by atoms with Gasteiger partial charge in [-0.1, -0.05) is 48.0 Å². The molecule has 308 valence electrons. The number of halogens is 1. The molecule has 14 heteroatoms. The predicted octanol–water partition coefficient (Wildman–Crippen LogP) is 4.34. The van der Waals surface area contributed by atoms with E-state index in [1.54, 1.807) is 49.4 Å². The summed E-state index contributed by atoms with van der Waals surface area (Å²) >= 11 is 6.06. The summed E-state index contributed by atoms with van der Waals surface area (Å²) in [7, 11) is 1.51. The van der Waals surface area contributed by atoms with Gasteiger partial charge in [0.15, 0.2) is 0 Å². The molecule has 4 aromatic rings. The van der Waals surface area contributed by atoms with E-state index in [2.05, 4.69) is 16.0 Å². The molecule has 0 spiro atoms. The molecule has 0 saturated heterocycles. The van der Waals surface area contributed by atoms with Crippen molar-refractivity contribution in [3.8, 4) is 33.8 Å². The number of rotatable bonds is 15. The molecule has 0 aliphatic carbocycles. The van der Waals surface area contributed by atoms with Gasteiger partial charge < -0.3 is 47.5 Å². The molecule has 2 unspecified atom stereocenters. The number of nitrogens with one attached hydrogen (secondary N) is 3. The van der Waals surface area contributed by atoms with Gasteiger partial charge in [-0.15, -0.1) is 0 Å². The topological polar surface area (TPSA) is 204 Å². The van der Waals surface area contributed by atoms with Crippen molar-refractivity contribution >= 4 is 35.2 Å². The number of nitrogens with two attached hydrogens (primary N) is 3. The highest BCUT2D eigenvalue weighted by Crippen LogP contribution is 2.40. The van der Waals surface area contributed by atoms with Crippen LogP contribution in [-0.4, -0.2) is 86.5 Å². The first-order chi connectivity index (χ1) is 27.9. The maximum Gasteiger partial charge on any atom is 0.251 e. The van der Waals surface area contributed by atoms with Gasteiger partial charge in [0.1, 0.15) is 42.8 Å². The monoisotopic (exact) mass is 811 g/mol. The quantitative estimate of drug-likeness (QED) is 0.0944. The van der Waals surface area contributed by atoms with Gasteiger partial charge >= 0.3 is 0 Å². The zero-order chi connectivity index (χ0) is 41.8. The van der Waals surface area contributed by atoms with E-state index in [0.717, 1.165) is 16.7 Å². The van der Waals surface area contributed by atoms with Crippen LogP contribution in [0.5, 0.6) is 11.5 Å². The summed E-state index contributed by atoms with van der Waals surface area (Å²) in [5.74, 6) is -0.903. The number of carbonyl (C=O) groups is 4. The van der Waals surface area contributed by atoms with E-state index < -0.39 is 35.8 Å². The van der Waals surface area contributed by atoms with Crippen molar-refractivity contribution in [2.45, 2.75) is 63.7 Å². The van der Waals surface area contributed by atoms with Crippen LogP contribution >= 0.6 is 11.6 Å². The normalized spacial score (nSPS) is 17.3. The van der Waals surface area contributed by atoms with Crippen LogP contribution < -0.4 is 42.6 Å². The Labute approximate surface area is 345 Å². The number of ether oxygens (including phenoxy) is 2. The molecule has 4 amide bonds. The van der Waals surface area contributed by atoms with Crippen LogP contribution in [-0.2, 0) is 20.8 Å². The first-order valence-electron chi connectivity index (χ1n) is 19.6. The number of amides is 4. The van der Waals surface area contributed by atoms with E-state index in [1.807, 2.05) is 49.4 Å². The third-order valence-corrected chi connectivity index (χ3v) is 10.2. The number of unbranched alkanes of at least 4 members (excludes halogenated alkanes) is 1. The first-order valence-corrected chi connectivity index (χ1v) is 20.0. The Morgan fingerprint density at radius 3 is 2.02 bits per heavy atom. The van der Waals surface area contributed by atoms with E-state index in [4.69, 9.17) is 38.3 Å². The highest BCUT2D eigenvalue weighted by atomic mass is 35.5. The highest BCUT2D eigenvalue weighted by Gasteiger charge is 2.35. The average Bonchev–Trinajstić information content (AvgIpc) is 3.22. The van der Waals surface area contributed by atoms with Crippen LogP contribution in [0, 0.1) is 0 Å². The molecule has 1 aliphatic heterocycles. The Morgan fingerprint density at radius 1 is 0.793 bits per heavy atom. The van der Waals surface area contributed by atoms with Gasteiger partial charge in [0.2, 0.25) is 17.7 Å². The third kappa shape index (κ3) is 11.1. The number of carbonyl (C=O) groups excluding carboxylic acids is 4. The van der Waals surface area contributed by atoms with Gasteiger partial charge in [0.05, 0.1) is 0 Å². The fourth-order valence-corrected chi connectivity index (χ4v) is 7.06. The summed E-state index contributed by atoms with van der Waals surface area (Å²) in [6, 6.07) is 21.9. The molecule has 4 aromatic carbocycles. The summed E-state index contributed by atoms with van der Waals surface area (Å²) in [5.41, 5.74) is 22.3. The molecule has 0 fully saturated rings. The van der Waals surface area contributed by atoms with E-state index >= 15 is 0 Å². The number of likely N-dealkylation sites (N-methyl/N-ethyl adjacent to an activating group) is 1. The molecule has 9 N–H and O–H groups in total. The molecule has 5 rings (SSSR count). The number of nitrogens with zero attached hydrogens (tertiary/aromatic N) is 1. The lowest BCUT2D eigenvalue weighted by Crippen LogP contribution is -2.54. The molecule has 58 heavy (non-hydrogen) atoms. The SMILES string of the molecule is CC1Cc2ccc(OCCN)c(c2)-c2cc(ccc2OCCN)C(N(C)C(=O)[C@H](CCCCN)NC(=O)c2ccc(-c3ccc(Cl)cc3)cc2)C(=O)N[C@@H](C)C(=O)N1. The van der Waals surface area contributed by atoms with Gasteiger partial charge in [-0.25, -0.2) is 0 Å². The summed E-state index contributed by atoms with van der Waals surface area (Å²) < 4.78 is 12.2. The molecule has 0 radical (unpaired) electrons. The van der Waals surface area contributed by atoms with Crippen molar-refractivity contribution in [2.75, 3.05) is 39.9 Å². The second-order valence-electron chi connectivity index (χ2n) is 14.5. The number of hydrogen-bond donors (Lipinski definition) is 6. The number of fused-ring (bicyclic) bond motifs is 5. The van der Waals surface area contributed by atoms with Crippen LogP contribution in [0.25, 0.3) is 22.3 Å². The Morgan fingerprint density at radius 2 is 1.40 bits per heavy atom. The lowest BCUT2D eigenvalue weighted by atomic mass is 9.93. The van der Waals surface area contributed by atoms with Crippen LogP contribution in [0.2, 0.25) is 5.02 Å². The van der Waals surface area contributed by atoms with Gasteiger partial charge in [-0.2, -0.15) is 0 Å². The molecule has 0 saturated carbocycles. The Hall–Kier alpha value is -5.47. The Balaban J connectivity index is 1.55. The minimum Gasteiger partial charge on any atom is -0.492 e. The van der Waals surface area contributed by atoms with Crippen molar-refractivity contribution in [3.05, 3.63) is 107 Å².